The molecule has 0 aromatic heterocycles. The third-order valence-electron chi connectivity index (χ3n) is 9.41. The van der Waals surface area contributed by atoms with Crippen LogP contribution in [-0.4, -0.2) is 53.1 Å². The maximum absolute atomic E-state index is 16.0. The first kappa shape index (κ1) is 25.7. The second-order valence-electron chi connectivity index (χ2n) is 11.2. The van der Waals surface area contributed by atoms with Gasteiger partial charge in [0.15, 0.2) is 18.0 Å². The highest BCUT2D eigenvalue weighted by molar-refractivity contribution is 6.01. The van der Waals surface area contributed by atoms with Crippen LogP contribution in [0.4, 0.5) is 4.39 Å². The number of fused-ring (bicyclic) bond motifs is 5. The molecule has 3 saturated carbocycles. The van der Waals surface area contributed by atoms with Crippen molar-refractivity contribution in [3.63, 3.8) is 0 Å². The van der Waals surface area contributed by atoms with E-state index in [1.54, 1.807) is 19.9 Å². The van der Waals surface area contributed by atoms with Crippen molar-refractivity contribution in [3.8, 4) is 0 Å². The molecule has 9 atom stereocenters. The SMILES string of the molecule is CCC(=O)O[C@]1(C(=O)COC(C)=O)[C@@H](C)CC2C3C(C(O)C[C@@]21C)[C@@]1(C)C=CC(=O)C=C1C[C@H]3F. The first-order valence-electron chi connectivity index (χ1n) is 12.5. The van der Waals surface area contributed by atoms with E-state index in [9.17, 15) is 24.3 Å². The Morgan fingerprint density at radius 3 is 2.57 bits per heavy atom. The Morgan fingerprint density at radius 1 is 1.26 bits per heavy atom. The van der Waals surface area contributed by atoms with Gasteiger partial charge in [0.1, 0.15) is 6.17 Å². The minimum atomic E-state index is -1.65. The summed E-state index contributed by atoms with van der Waals surface area (Å²) >= 11 is 0. The lowest BCUT2D eigenvalue weighted by molar-refractivity contribution is -0.209. The number of alkyl halides is 1. The van der Waals surface area contributed by atoms with Crippen molar-refractivity contribution in [1.29, 1.82) is 0 Å². The van der Waals surface area contributed by atoms with Crippen LogP contribution in [0.2, 0.25) is 0 Å². The molecule has 0 amide bonds. The Balaban J connectivity index is 1.81. The standard InChI is InChI=1S/C27H35FO7/c1-6-22(33)35-27(21(32)13-34-15(3)29)14(2)9-18-23-19(28)11-16-10-17(30)7-8-25(16,4)24(23)20(31)12-26(18,27)5/h7-8,10,14,18-20,23-24,31H,6,9,11-13H2,1-5H3/t14-,18?,19+,20?,23?,24?,25-,26-,27-/m0/s1. The fourth-order valence-corrected chi connectivity index (χ4v) is 7.96. The van der Waals surface area contributed by atoms with Crippen molar-refractivity contribution >= 4 is 23.5 Å². The molecule has 4 unspecified atom stereocenters. The van der Waals surface area contributed by atoms with Crippen molar-refractivity contribution in [2.45, 2.75) is 78.2 Å². The van der Waals surface area contributed by atoms with Gasteiger partial charge in [0.05, 0.1) is 6.10 Å². The van der Waals surface area contributed by atoms with E-state index in [1.807, 2.05) is 13.8 Å². The second kappa shape index (κ2) is 8.64. The summed E-state index contributed by atoms with van der Waals surface area (Å²) in [5.74, 6) is -3.86. The molecule has 0 bridgehead atoms. The maximum atomic E-state index is 16.0. The molecule has 1 N–H and O–H groups in total. The Labute approximate surface area is 205 Å². The third-order valence-corrected chi connectivity index (χ3v) is 9.41. The Hall–Kier alpha value is -2.35. The van der Waals surface area contributed by atoms with Crippen molar-refractivity contribution < 1.29 is 38.1 Å². The van der Waals surface area contributed by atoms with Gasteiger partial charge in [0.25, 0.3) is 0 Å². The molecule has 4 aliphatic rings. The van der Waals surface area contributed by atoms with E-state index >= 15 is 4.39 Å². The van der Waals surface area contributed by atoms with Crippen LogP contribution in [0.3, 0.4) is 0 Å². The van der Waals surface area contributed by atoms with E-state index in [2.05, 4.69) is 0 Å². The number of carbonyl (C=O) groups excluding carboxylic acids is 4. The lowest BCUT2D eigenvalue weighted by Gasteiger charge is -2.60. The maximum Gasteiger partial charge on any atom is 0.306 e. The molecule has 8 heteroatoms. The first-order chi connectivity index (χ1) is 16.3. The average Bonchev–Trinajstić information content (AvgIpc) is 2.99. The van der Waals surface area contributed by atoms with Gasteiger partial charge < -0.3 is 14.6 Å². The van der Waals surface area contributed by atoms with Crippen LogP contribution in [0, 0.1) is 34.5 Å². The third kappa shape index (κ3) is 3.62. The molecule has 7 nitrogen and oxygen atoms in total. The van der Waals surface area contributed by atoms with Crippen molar-refractivity contribution in [2.75, 3.05) is 6.61 Å². The van der Waals surface area contributed by atoms with Crippen LogP contribution < -0.4 is 0 Å². The molecular formula is C27H35FO7. The Kier molecular flexibility index (Phi) is 6.36. The topological polar surface area (TPSA) is 107 Å². The van der Waals surface area contributed by atoms with Gasteiger partial charge >= 0.3 is 11.9 Å². The van der Waals surface area contributed by atoms with Gasteiger partial charge in [0.2, 0.25) is 5.78 Å². The van der Waals surface area contributed by atoms with Gasteiger partial charge in [-0.05, 0) is 30.9 Å². The average molecular weight is 491 g/mol. The summed E-state index contributed by atoms with van der Waals surface area (Å²) in [7, 11) is 0. The summed E-state index contributed by atoms with van der Waals surface area (Å²) in [6, 6.07) is 0. The number of esters is 2. The highest BCUT2D eigenvalue weighted by Gasteiger charge is 2.74. The number of ether oxygens (including phenoxy) is 2. The lowest BCUT2D eigenvalue weighted by Crippen LogP contribution is -2.65. The van der Waals surface area contributed by atoms with Crippen LogP contribution in [0.25, 0.3) is 0 Å². The molecule has 4 rings (SSSR count). The number of Topliss-reactive ketones (excluding diaryl/α,β-unsaturated/α-hetero) is 1. The zero-order chi connectivity index (χ0) is 25.9. The molecule has 35 heavy (non-hydrogen) atoms. The lowest BCUT2D eigenvalue weighted by atomic mass is 9.45. The molecule has 192 valence electrons. The molecule has 4 aliphatic carbocycles. The molecule has 0 radical (unpaired) electrons. The number of allylic oxidation sites excluding steroid dienone is 4. The van der Waals surface area contributed by atoms with E-state index in [0.717, 1.165) is 0 Å². The number of halogens is 1. The van der Waals surface area contributed by atoms with Crippen LogP contribution in [0.15, 0.2) is 23.8 Å². The largest absolute Gasteiger partial charge is 0.458 e. The fraction of sp³-hybridized carbons (Fsp3) is 0.704. The van der Waals surface area contributed by atoms with Crippen LogP contribution in [-0.2, 0) is 28.7 Å². The van der Waals surface area contributed by atoms with Gasteiger partial charge in [-0.1, -0.05) is 39.3 Å². The highest BCUT2D eigenvalue weighted by atomic mass is 19.1. The minimum Gasteiger partial charge on any atom is -0.458 e. The number of hydrogen-bond acceptors (Lipinski definition) is 7. The first-order valence-corrected chi connectivity index (χ1v) is 12.5. The predicted octanol–water partition coefficient (Wildman–Crippen LogP) is 3.28. The smallest absolute Gasteiger partial charge is 0.306 e. The predicted molar refractivity (Wildman–Crippen MR) is 124 cm³/mol. The van der Waals surface area contributed by atoms with E-state index in [4.69, 9.17) is 9.47 Å². The Bertz CT molecular complexity index is 1020. The number of aliphatic hydroxyl groups is 1. The number of hydrogen-bond donors (Lipinski definition) is 1. The summed E-state index contributed by atoms with van der Waals surface area (Å²) in [5, 5.41) is 11.6. The molecule has 0 spiro atoms. The van der Waals surface area contributed by atoms with Crippen molar-refractivity contribution in [3.05, 3.63) is 23.8 Å². The normalized spacial score (nSPS) is 44.0. The number of rotatable bonds is 5. The van der Waals surface area contributed by atoms with Gasteiger partial charge in [-0.25, -0.2) is 4.39 Å². The molecule has 0 aromatic rings. The highest BCUT2D eigenvalue weighted by Crippen LogP contribution is 2.69. The Morgan fingerprint density at radius 2 is 1.94 bits per heavy atom. The quantitative estimate of drug-likeness (QED) is 0.590. The van der Waals surface area contributed by atoms with Crippen LogP contribution in [0.1, 0.15) is 60.3 Å². The summed E-state index contributed by atoms with van der Waals surface area (Å²) in [6.07, 6.45) is 3.07. The number of aliphatic hydroxyl groups excluding tert-OH is 1. The molecular weight excluding hydrogens is 455 g/mol. The van der Waals surface area contributed by atoms with Crippen molar-refractivity contribution in [1.82, 2.24) is 0 Å². The molecule has 0 aliphatic heterocycles. The van der Waals surface area contributed by atoms with Crippen LogP contribution in [0.5, 0.6) is 0 Å². The van der Waals surface area contributed by atoms with Gasteiger partial charge in [0, 0.05) is 48.3 Å². The number of carbonyl (C=O) groups is 4. The molecule has 0 heterocycles. The summed E-state index contributed by atoms with van der Waals surface area (Å²) < 4.78 is 27.0. The van der Waals surface area contributed by atoms with Crippen LogP contribution >= 0.6 is 0 Å². The van der Waals surface area contributed by atoms with Crippen molar-refractivity contribution in [2.24, 2.45) is 34.5 Å². The van der Waals surface area contributed by atoms with Gasteiger partial charge in [-0.15, -0.1) is 0 Å². The van der Waals surface area contributed by atoms with Gasteiger partial charge in [-0.3, -0.25) is 19.2 Å². The summed E-state index contributed by atoms with van der Waals surface area (Å²) in [4.78, 5) is 49.8. The van der Waals surface area contributed by atoms with E-state index < -0.39 is 70.8 Å². The van der Waals surface area contributed by atoms with Gasteiger partial charge in [-0.2, -0.15) is 0 Å². The molecule has 3 fully saturated rings. The minimum absolute atomic E-state index is 0.0431. The number of ketones is 2. The monoisotopic (exact) mass is 490 g/mol. The molecule has 0 saturated heterocycles. The summed E-state index contributed by atoms with van der Waals surface area (Å²) in [6.45, 7) is 7.81. The fourth-order valence-electron chi connectivity index (χ4n) is 7.96. The second-order valence-corrected chi connectivity index (χ2v) is 11.2. The molecule has 0 aromatic carbocycles. The zero-order valence-corrected chi connectivity index (χ0v) is 21.0. The van der Waals surface area contributed by atoms with E-state index in [1.165, 1.54) is 19.1 Å². The zero-order valence-electron chi connectivity index (χ0n) is 21.0. The van der Waals surface area contributed by atoms with E-state index in [-0.39, 0.29) is 31.0 Å². The van der Waals surface area contributed by atoms with E-state index in [0.29, 0.717) is 12.0 Å². The summed E-state index contributed by atoms with van der Waals surface area (Å²) in [5.41, 5.74) is -2.72.